The van der Waals surface area contributed by atoms with Gasteiger partial charge in [-0.3, -0.25) is 0 Å². The normalized spacial score (nSPS) is 39.5. The van der Waals surface area contributed by atoms with Gasteiger partial charge >= 0.3 is 5.97 Å². The zero-order chi connectivity index (χ0) is 9.31. The molecule has 2 heterocycles. The molecular formula is C9H14O4. The van der Waals surface area contributed by atoms with Crippen molar-refractivity contribution < 1.29 is 19.4 Å². The molecule has 0 aromatic carbocycles. The minimum atomic E-state index is -0.866. The Morgan fingerprint density at radius 2 is 2.23 bits per heavy atom. The van der Waals surface area contributed by atoms with E-state index in [0.29, 0.717) is 13.0 Å². The van der Waals surface area contributed by atoms with Gasteiger partial charge in [-0.25, -0.2) is 4.79 Å². The van der Waals surface area contributed by atoms with E-state index in [1.165, 1.54) is 0 Å². The van der Waals surface area contributed by atoms with Crippen molar-refractivity contribution in [1.29, 1.82) is 0 Å². The molecule has 0 aromatic heterocycles. The quantitative estimate of drug-likeness (QED) is 0.658. The van der Waals surface area contributed by atoms with Gasteiger partial charge in [-0.1, -0.05) is 0 Å². The number of carboxylic acids is 1. The maximum absolute atomic E-state index is 10.7. The number of hydrogen-bond donors (Lipinski definition) is 1. The first-order chi connectivity index (χ1) is 6.22. The van der Waals surface area contributed by atoms with Gasteiger partial charge in [0, 0.05) is 13.0 Å². The Labute approximate surface area is 76.8 Å². The first kappa shape index (κ1) is 8.97. The van der Waals surface area contributed by atoms with E-state index >= 15 is 0 Å². The zero-order valence-electron chi connectivity index (χ0n) is 7.49. The predicted molar refractivity (Wildman–Crippen MR) is 44.5 cm³/mol. The Kier molecular flexibility index (Phi) is 2.26. The van der Waals surface area contributed by atoms with Crippen LogP contribution >= 0.6 is 0 Å². The van der Waals surface area contributed by atoms with Gasteiger partial charge in [-0.05, 0) is 19.3 Å². The van der Waals surface area contributed by atoms with E-state index in [1.54, 1.807) is 0 Å². The molecular weight excluding hydrogens is 172 g/mol. The molecule has 2 atom stereocenters. The average Bonchev–Trinajstić information content (AvgIpc) is 2.53. The monoisotopic (exact) mass is 186 g/mol. The lowest BCUT2D eigenvalue weighted by molar-refractivity contribution is -0.166. The first-order valence-corrected chi connectivity index (χ1v) is 4.70. The standard InChI is InChI=1S/C9H14O4/c10-8(11)7-6-9(3-5-12-7)2-1-4-13-9/h7H,1-6H2,(H,10,11)/t7-,9+/m0/s1. The maximum Gasteiger partial charge on any atom is 0.332 e. The van der Waals surface area contributed by atoms with Crippen LogP contribution in [0.5, 0.6) is 0 Å². The number of rotatable bonds is 1. The fourth-order valence-corrected chi connectivity index (χ4v) is 2.16. The third kappa shape index (κ3) is 1.69. The third-order valence-corrected chi connectivity index (χ3v) is 2.89. The van der Waals surface area contributed by atoms with Crippen molar-refractivity contribution >= 4 is 5.97 Å². The molecule has 4 nitrogen and oxygen atoms in total. The van der Waals surface area contributed by atoms with Crippen LogP contribution in [0.2, 0.25) is 0 Å². The van der Waals surface area contributed by atoms with Crippen molar-refractivity contribution in [3.63, 3.8) is 0 Å². The van der Waals surface area contributed by atoms with Crippen molar-refractivity contribution in [2.75, 3.05) is 13.2 Å². The fraction of sp³-hybridized carbons (Fsp3) is 0.889. The van der Waals surface area contributed by atoms with E-state index in [-0.39, 0.29) is 5.60 Å². The second-order valence-electron chi connectivity index (χ2n) is 3.79. The molecule has 1 spiro atoms. The maximum atomic E-state index is 10.7. The Morgan fingerprint density at radius 1 is 1.38 bits per heavy atom. The van der Waals surface area contributed by atoms with Crippen molar-refractivity contribution in [1.82, 2.24) is 0 Å². The summed E-state index contributed by atoms with van der Waals surface area (Å²) >= 11 is 0. The van der Waals surface area contributed by atoms with Crippen molar-refractivity contribution in [2.24, 2.45) is 0 Å². The van der Waals surface area contributed by atoms with E-state index in [0.717, 1.165) is 25.9 Å². The van der Waals surface area contributed by atoms with Gasteiger partial charge in [-0.2, -0.15) is 0 Å². The molecule has 0 unspecified atom stereocenters. The highest BCUT2D eigenvalue weighted by Crippen LogP contribution is 2.37. The van der Waals surface area contributed by atoms with Crippen LogP contribution in [0.3, 0.4) is 0 Å². The molecule has 13 heavy (non-hydrogen) atoms. The summed E-state index contributed by atoms with van der Waals surface area (Å²) < 4.78 is 10.8. The minimum absolute atomic E-state index is 0.179. The summed E-state index contributed by atoms with van der Waals surface area (Å²) in [6.07, 6.45) is 2.73. The number of hydrogen-bond acceptors (Lipinski definition) is 3. The molecule has 2 fully saturated rings. The molecule has 2 saturated heterocycles. The SMILES string of the molecule is O=C(O)[C@@H]1C[C@@]2(CCCO2)CCO1. The van der Waals surface area contributed by atoms with E-state index < -0.39 is 12.1 Å². The van der Waals surface area contributed by atoms with E-state index in [9.17, 15) is 4.79 Å². The lowest BCUT2D eigenvalue weighted by atomic mass is 9.88. The van der Waals surface area contributed by atoms with Gasteiger partial charge in [0.15, 0.2) is 6.10 Å². The zero-order valence-corrected chi connectivity index (χ0v) is 7.49. The van der Waals surface area contributed by atoms with Gasteiger partial charge in [0.05, 0.1) is 12.2 Å². The highest BCUT2D eigenvalue weighted by atomic mass is 16.5. The van der Waals surface area contributed by atoms with Gasteiger partial charge in [0.1, 0.15) is 0 Å². The molecule has 0 aromatic rings. The summed E-state index contributed by atoms with van der Waals surface area (Å²) in [5.41, 5.74) is -0.179. The van der Waals surface area contributed by atoms with Crippen LogP contribution < -0.4 is 0 Å². The Hall–Kier alpha value is -0.610. The molecule has 0 saturated carbocycles. The smallest absolute Gasteiger partial charge is 0.332 e. The van der Waals surface area contributed by atoms with Crippen LogP contribution in [0.1, 0.15) is 25.7 Å². The number of ether oxygens (including phenoxy) is 2. The van der Waals surface area contributed by atoms with Crippen LogP contribution in [0.4, 0.5) is 0 Å². The lowest BCUT2D eigenvalue weighted by Gasteiger charge is -2.35. The summed E-state index contributed by atoms with van der Waals surface area (Å²) in [5.74, 6) is -0.866. The Balaban J connectivity index is 2.02. The molecule has 2 aliphatic heterocycles. The highest BCUT2D eigenvalue weighted by Gasteiger charge is 2.42. The molecule has 74 valence electrons. The van der Waals surface area contributed by atoms with Crippen molar-refractivity contribution in [2.45, 2.75) is 37.4 Å². The first-order valence-electron chi connectivity index (χ1n) is 4.70. The molecule has 0 aliphatic carbocycles. The van der Waals surface area contributed by atoms with Crippen LogP contribution in [0, 0.1) is 0 Å². The summed E-state index contributed by atoms with van der Waals surface area (Å²) in [5, 5.41) is 8.80. The summed E-state index contributed by atoms with van der Waals surface area (Å²) in [7, 11) is 0. The fourth-order valence-electron chi connectivity index (χ4n) is 2.16. The predicted octanol–water partition coefficient (Wildman–Crippen LogP) is 0.799. The lowest BCUT2D eigenvalue weighted by Crippen LogP contribution is -2.43. The van der Waals surface area contributed by atoms with Crippen LogP contribution in [-0.4, -0.2) is 36.0 Å². The highest BCUT2D eigenvalue weighted by molar-refractivity contribution is 5.72. The third-order valence-electron chi connectivity index (χ3n) is 2.89. The van der Waals surface area contributed by atoms with E-state index in [2.05, 4.69) is 0 Å². The van der Waals surface area contributed by atoms with Gasteiger partial charge in [0.25, 0.3) is 0 Å². The second-order valence-corrected chi connectivity index (χ2v) is 3.79. The number of aliphatic carboxylic acids is 1. The average molecular weight is 186 g/mol. The molecule has 4 heteroatoms. The van der Waals surface area contributed by atoms with Crippen molar-refractivity contribution in [3.05, 3.63) is 0 Å². The van der Waals surface area contributed by atoms with Crippen LogP contribution in [0.25, 0.3) is 0 Å². The Bertz CT molecular complexity index is 208. The van der Waals surface area contributed by atoms with E-state index in [4.69, 9.17) is 14.6 Å². The summed E-state index contributed by atoms with van der Waals surface area (Å²) in [6, 6.07) is 0. The van der Waals surface area contributed by atoms with Gasteiger partial charge < -0.3 is 14.6 Å². The topological polar surface area (TPSA) is 55.8 Å². The summed E-state index contributed by atoms with van der Waals surface area (Å²) in [6.45, 7) is 1.28. The van der Waals surface area contributed by atoms with Gasteiger partial charge in [-0.15, -0.1) is 0 Å². The second kappa shape index (κ2) is 3.27. The number of carbonyl (C=O) groups is 1. The molecule has 0 amide bonds. The van der Waals surface area contributed by atoms with Crippen LogP contribution in [0.15, 0.2) is 0 Å². The Morgan fingerprint density at radius 3 is 2.85 bits per heavy atom. The molecule has 0 radical (unpaired) electrons. The number of carboxylic acid groups (broad SMARTS) is 1. The molecule has 2 aliphatic rings. The largest absolute Gasteiger partial charge is 0.479 e. The summed E-state index contributed by atoms with van der Waals surface area (Å²) in [4.78, 5) is 10.7. The molecule has 1 N–H and O–H groups in total. The van der Waals surface area contributed by atoms with Crippen LogP contribution in [-0.2, 0) is 14.3 Å². The van der Waals surface area contributed by atoms with E-state index in [1.807, 2.05) is 0 Å². The minimum Gasteiger partial charge on any atom is -0.479 e. The van der Waals surface area contributed by atoms with Gasteiger partial charge in [0.2, 0.25) is 0 Å². The molecule has 0 bridgehead atoms. The van der Waals surface area contributed by atoms with Crippen molar-refractivity contribution in [3.8, 4) is 0 Å². The molecule has 2 rings (SSSR count).